The summed E-state index contributed by atoms with van der Waals surface area (Å²) in [4.78, 5) is 12.1. The number of hydrogen-bond donors (Lipinski definition) is 3. The van der Waals surface area contributed by atoms with Gasteiger partial charge in [0.25, 0.3) is 5.91 Å². The summed E-state index contributed by atoms with van der Waals surface area (Å²) in [5, 5.41) is 15.0. The lowest BCUT2D eigenvalue weighted by atomic mass is 10.1. The van der Waals surface area contributed by atoms with E-state index in [0.717, 1.165) is 0 Å². The smallest absolute Gasteiger partial charge is 0.253 e. The van der Waals surface area contributed by atoms with Gasteiger partial charge >= 0.3 is 0 Å². The van der Waals surface area contributed by atoms with Gasteiger partial charge in [0.05, 0.1) is 22.5 Å². The van der Waals surface area contributed by atoms with Crippen LogP contribution < -0.4 is 16.4 Å². The zero-order valence-corrected chi connectivity index (χ0v) is 11.7. The van der Waals surface area contributed by atoms with Gasteiger partial charge in [-0.3, -0.25) is 4.79 Å². The molecule has 5 heteroatoms. The van der Waals surface area contributed by atoms with Crippen molar-refractivity contribution in [2.75, 3.05) is 17.6 Å². The zero-order valence-electron chi connectivity index (χ0n) is 11.7. The van der Waals surface area contributed by atoms with Crippen molar-refractivity contribution in [2.45, 2.75) is 6.92 Å². The number of anilines is 3. The fourth-order valence-electron chi connectivity index (χ4n) is 1.95. The van der Waals surface area contributed by atoms with Gasteiger partial charge < -0.3 is 16.4 Å². The molecule has 0 atom stereocenters. The number of nitrogens with one attached hydrogen (secondary N) is 2. The van der Waals surface area contributed by atoms with E-state index in [9.17, 15) is 4.79 Å². The summed E-state index contributed by atoms with van der Waals surface area (Å²) < 4.78 is 0. The predicted octanol–water partition coefficient (Wildman–Crippen LogP) is 2.63. The summed E-state index contributed by atoms with van der Waals surface area (Å²) in [6.45, 7) is 2.39. The van der Waals surface area contributed by atoms with Crippen molar-refractivity contribution in [1.29, 1.82) is 5.26 Å². The number of nitrogens with two attached hydrogens (primary N) is 1. The van der Waals surface area contributed by atoms with Crippen LogP contribution in [0.5, 0.6) is 0 Å². The van der Waals surface area contributed by atoms with Gasteiger partial charge in [-0.2, -0.15) is 5.26 Å². The Labute approximate surface area is 123 Å². The maximum atomic E-state index is 12.1. The SMILES string of the molecule is CCNC(=O)c1ccc(N)cc1Nc1ccccc1C#N. The van der Waals surface area contributed by atoms with Crippen LogP contribution in [0.2, 0.25) is 0 Å². The van der Waals surface area contributed by atoms with E-state index in [4.69, 9.17) is 11.0 Å². The first kappa shape index (κ1) is 14.4. The van der Waals surface area contributed by atoms with Gasteiger partial charge in [-0.25, -0.2) is 0 Å². The van der Waals surface area contributed by atoms with Crippen molar-refractivity contribution >= 4 is 23.0 Å². The number of hydrogen-bond acceptors (Lipinski definition) is 4. The molecule has 0 spiro atoms. The van der Waals surface area contributed by atoms with Gasteiger partial charge in [0.2, 0.25) is 0 Å². The molecule has 2 aromatic carbocycles. The van der Waals surface area contributed by atoms with Gasteiger partial charge in [0.1, 0.15) is 6.07 Å². The molecule has 0 radical (unpaired) electrons. The molecule has 1 amide bonds. The Kier molecular flexibility index (Phi) is 4.42. The first-order valence-electron chi connectivity index (χ1n) is 6.59. The van der Waals surface area contributed by atoms with Crippen LogP contribution in [0.15, 0.2) is 42.5 Å². The van der Waals surface area contributed by atoms with Gasteiger partial charge in [0.15, 0.2) is 0 Å². The molecule has 0 unspecified atom stereocenters. The van der Waals surface area contributed by atoms with Crippen molar-refractivity contribution in [3.05, 3.63) is 53.6 Å². The number of amides is 1. The number of para-hydroxylation sites is 1. The fraction of sp³-hybridized carbons (Fsp3) is 0.125. The van der Waals surface area contributed by atoms with E-state index >= 15 is 0 Å². The van der Waals surface area contributed by atoms with E-state index in [0.29, 0.717) is 34.7 Å². The fourth-order valence-corrected chi connectivity index (χ4v) is 1.95. The molecule has 0 bridgehead atoms. The summed E-state index contributed by atoms with van der Waals surface area (Å²) in [5.74, 6) is -0.186. The second-order valence-corrected chi connectivity index (χ2v) is 4.45. The van der Waals surface area contributed by atoms with Crippen LogP contribution >= 0.6 is 0 Å². The Balaban J connectivity index is 2.41. The van der Waals surface area contributed by atoms with Crippen LogP contribution in [0.25, 0.3) is 0 Å². The number of carbonyl (C=O) groups is 1. The molecule has 21 heavy (non-hydrogen) atoms. The third-order valence-corrected chi connectivity index (χ3v) is 2.94. The Morgan fingerprint density at radius 2 is 2.00 bits per heavy atom. The highest BCUT2D eigenvalue weighted by molar-refractivity contribution is 6.01. The number of nitrogen functional groups attached to an aromatic ring is 1. The van der Waals surface area contributed by atoms with Gasteiger partial charge in [-0.1, -0.05) is 12.1 Å². The number of carbonyl (C=O) groups excluding carboxylic acids is 1. The highest BCUT2D eigenvalue weighted by Crippen LogP contribution is 2.25. The van der Waals surface area contributed by atoms with Gasteiger partial charge in [-0.05, 0) is 37.3 Å². The number of benzene rings is 2. The van der Waals surface area contributed by atoms with Crippen molar-refractivity contribution in [3.8, 4) is 6.07 Å². The normalized spacial score (nSPS) is 9.71. The molecule has 0 saturated heterocycles. The van der Waals surface area contributed by atoms with E-state index in [-0.39, 0.29) is 5.91 Å². The molecule has 5 nitrogen and oxygen atoms in total. The molecule has 0 aliphatic carbocycles. The van der Waals surface area contributed by atoms with Crippen LogP contribution in [0.3, 0.4) is 0 Å². The first-order chi connectivity index (χ1) is 10.2. The summed E-state index contributed by atoms with van der Waals surface area (Å²) in [7, 11) is 0. The molecule has 0 aromatic heterocycles. The molecule has 0 aliphatic rings. The third-order valence-electron chi connectivity index (χ3n) is 2.94. The Bertz CT molecular complexity index is 704. The summed E-state index contributed by atoms with van der Waals surface area (Å²) in [5.41, 5.74) is 8.53. The molecule has 0 heterocycles. The highest BCUT2D eigenvalue weighted by Gasteiger charge is 2.12. The molecule has 0 saturated carbocycles. The third kappa shape index (κ3) is 3.31. The predicted molar refractivity (Wildman–Crippen MR) is 83.3 cm³/mol. The second kappa shape index (κ2) is 6.44. The maximum absolute atomic E-state index is 12.1. The van der Waals surface area contributed by atoms with E-state index in [1.807, 2.05) is 13.0 Å². The Hall–Kier alpha value is -3.00. The molecular formula is C16H16N4O. The lowest BCUT2D eigenvalue weighted by Gasteiger charge is -2.13. The monoisotopic (exact) mass is 280 g/mol. The van der Waals surface area contributed by atoms with Crippen LogP contribution in [-0.2, 0) is 0 Å². The highest BCUT2D eigenvalue weighted by atomic mass is 16.1. The second-order valence-electron chi connectivity index (χ2n) is 4.45. The van der Waals surface area contributed by atoms with Crippen LogP contribution in [0.4, 0.5) is 17.1 Å². The topological polar surface area (TPSA) is 90.9 Å². The van der Waals surface area contributed by atoms with Crippen molar-refractivity contribution in [3.63, 3.8) is 0 Å². The maximum Gasteiger partial charge on any atom is 0.253 e. The molecule has 0 aliphatic heterocycles. The number of nitrogens with zero attached hydrogens (tertiary/aromatic N) is 1. The Morgan fingerprint density at radius 1 is 1.24 bits per heavy atom. The van der Waals surface area contributed by atoms with E-state index in [2.05, 4.69) is 16.7 Å². The number of rotatable bonds is 4. The van der Waals surface area contributed by atoms with Crippen LogP contribution in [0.1, 0.15) is 22.8 Å². The first-order valence-corrected chi connectivity index (χ1v) is 6.59. The van der Waals surface area contributed by atoms with Crippen LogP contribution in [-0.4, -0.2) is 12.5 Å². The summed E-state index contributed by atoms with van der Waals surface area (Å²) >= 11 is 0. The quantitative estimate of drug-likeness (QED) is 0.751. The van der Waals surface area contributed by atoms with E-state index in [1.54, 1.807) is 36.4 Å². The van der Waals surface area contributed by atoms with Gasteiger partial charge in [-0.15, -0.1) is 0 Å². The Morgan fingerprint density at radius 3 is 2.71 bits per heavy atom. The van der Waals surface area contributed by atoms with Crippen molar-refractivity contribution < 1.29 is 4.79 Å². The van der Waals surface area contributed by atoms with Crippen molar-refractivity contribution in [2.24, 2.45) is 0 Å². The minimum Gasteiger partial charge on any atom is -0.399 e. The molecule has 2 aromatic rings. The molecule has 0 fully saturated rings. The van der Waals surface area contributed by atoms with Crippen molar-refractivity contribution in [1.82, 2.24) is 5.32 Å². The zero-order chi connectivity index (χ0) is 15.2. The lowest BCUT2D eigenvalue weighted by Crippen LogP contribution is -2.23. The minimum atomic E-state index is -0.186. The largest absolute Gasteiger partial charge is 0.399 e. The number of nitriles is 1. The van der Waals surface area contributed by atoms with E-state index in [1.165, 1.54) is 0 Å². The molecule has 4 N–H and O–H groups in total. The van der Waals surface area contributed by atoms with E-state index < -0.39 is 0 Å². The van der Waals surface area contributed by atoms with Crippen LogP contribution in [0, 0.1) is 11.3 Å². The summed E-state index contributed by atoms with van der Waals surface area (Å²) in [6, 6.07) is 14.2. The lowest BCUT2D eigenvalue weighted by molar-refractivity contribution is 0.0956. The molecule has 106 valence electrons. The molecular weight excluding hydrogens is 264 g/mol. The van der Waals surface area contributed by atoms with Gasteiger partial charge in [0, 0.05) is 12.2 Å². The summed E-state index contributed by atoms with van der Waals surface area (Å²) in [6.07, 6.45) is 0. The standard InChI is InChI=1S/C16H16N4O/c1-2-19-16(21)13-8-7-12(18)9-15(13)20-14-6-4-3-5-11(14)10-17/h3-9,20H,2,18H2,1H3,(H,19,21). The minimum absolute atomic E-state index is 0.186. The average Bonchev–Trinajstić information content (AvgIpc) is 2.48. The molecule has 2 rings (SSSR count). The average molecular weight is 280 g/mol.